The highest BCUT2D eigenvalue weighted by Crippen LogP contribution is 2.65. The van der Waals surface area contributed by atoms with Crippen molar-refractivity contribution < 1.29 is 13.2 Å². The SMILES string of the molecule is CC(C)(C)c1ccc2c(n1)N1CC3(CC3CC(C3CCNCC3)Nc3cccc(n3)S(=O)(=O)NC2=O)CC1(C)C. The van der Waals surface area contributed by atoms with Crippen molar-refractivity contribution in [2.24, 2.45) is 17.3 Å². The molecule has 3 aliphatic heterocycles. The summed E-state index contributed by atoms with van der Waals surface area (Å²) in [4.78, 5) is 25.4. The van der Waals surface area contributed by atoms with Crippen LogP contribution in [-0.2, 0) is 15.4 Å². The van der Waals surface area contributed by atoms with Crippen molar-refractivity contribution >= 4 is 27.6 Å². The smallest absolute Gasteiger partial charge is 0.281 e. The summed E-state index contributed by atoms with van der Waals surface area (Å²) in [6.45, 7) is 13.5. The van der Waals surface area contributed by atoms with Crippen LogP contribution in [0.25, 0.3) is 0 Å². The monoisotopic (exact) mass is 566 g/mol. The van der Waals surface area contributed by atoms with Gasteiger partial charge in [0.25, 0.3) is 15.9 Å². The van der Waals surface area contributed by atoms with E-state index in [9.17, 15) is 13.2 Å². The van der Waals surface area contributed by atoms with Crippen molar-refractivity contribution in [3.63, 3.8) is 0 Å². The first-order chi connectivity index (χ1) is 18.8. The number of nitrogens with zero attached hydrogens (tertiary/aromatic N) is 3. The number of hydrogen-bond donors (Lipinski definition) is 3. The maximum atomic E-state index is 13.6. The fraction of sp³-hybridized carbons (Fsp3) is 0.633. The summed E-state index contributed by atoms with van der Waals surface area (Å²) in [5, 5.41) is 6.94. The molecule has 40 heavy (non-hydrogen) atoms. The zero-order chi connectivity index (χ0) is 28.5. The molecule has 0 radical (unpaired) electrons. The Balaban J connectivity index is 1.46. The van der Waals surface area contributed by atoms with Gasteiger partial charge in [0.15, 0.2) is 5.03 Å². The van der Waals surface area contributed by atoms with Crippen LogP contribution in [0.15, 0.2) is 35.4 Å². The van der Waals surface area contributed by atoms with Crippen LogP contribution >= 0.6 is 0 Å². The number of anilines is 2. The zero-order valence-corrected chi connectivity index (χ0v) is 25.1. The fourth-order valence-corrected chi connectivity index (χ4v) is 8.25. The highest BCUT2D eigenvalue weighted by atomic mass is 32.2. The third-order valence-corrected chi connectivity index (χ3v) is 10.8. The summed E-state index contributed by atoms with van der Waals surface area (Å²) in [5.41, 5.74) is 0.845. The highest BCUT2D eigenvalue weighted by Gasteiger charge is 2.63. The van der Waals surface area contributed by atoms with Gasteiger partial charge in [-0.1, -0.05) is 26.8 Å². The molecular weight excluding hydrogens is 524 g/mol. The first kappa shape index (κ1) is 27.4. The van der Waals surface area contributed by atoms with Crippen LogP contribution in [0.5, 0.6) is 0 Å². The molecule has 1 saturated carbocycles. The lowest BCUT2D eigenvalue weighted by atomic mass is 9.84. The lowest BCUT2D eigenvalue weighted by Crippen LogP contribution is -2.41. The van der Waals surface area contributed by atoms with Crippen molar-refractivity contribution in [3.05, 3.63) is 41.6 Å². The van der Waals surface area contributed by atoms with Gasteiger partial charge in [-0.3, -0.25) is 4.79 Å². The molecule has 1 aliphatic carbocycles. The molecule has 3 N–H and O–H groups in total. The van der Waals surface area contributed by atoms with Crippen molar-refractivity contribution in [1.82, 2.24) is 20.0 Å². The Morgan fingerprint density at radius 1 is 1.05 bits per heavy atom. The largest absolute Gasteiger partial charge is 0.367 e. The topological polar surface area (TPSA) is 116 Å². The normalized spacial score (nSPS) is 29.7. The van der Waals surface area contributed by atoms with Crippen LogP contribution in [-0.4, -0.2) is 55.5 Å². The van der Waals surface area contributed by atoms with E-state index in [-0.39, 0.29) is 33.0 Å². The van der Waals surface area contributed by atoms with Gasteiger partial charge in [-0.15, -0.1) is 0 Å². The Hall–Kier alpha value is -2.72. The van der Waals surface area contributed by atoms with Gasteiger partial charge in [-0.25, -0.2) is 14.7 Å². The van der Waals surface area contributed by atoms with Gasteiger partial charge < -0.3 is 15.5 Å². The number of nitrogens with one attached hydrogen (secondary N) is 3. The molecule has 6 rings (SSSR count). The minimum Gasteiger partial charge on any atom is -0.367 e. The molecule has 5 heterocycles. The number of sulfonamides is 1. The van der Waals surface area contributed by atoms with Crippen molar-refractivity contribution in [2.45, 2.75) is 88.7 Å². The molecule has 0 aromatic carbocycles. The summed E-state index contributed by atoms with van der Waals surface area (Å²) in [6, 6.07) is 8.71. The maximum absolute atomic E-state index is 13.6. The van der Waals surface area contributed by atoms with Crippen molar-refractivity contribution in [1.29, 1.82) is 0 Å². The third-order valence-electron chi connectivity index (χ3n) is 9.54. The van der Waals surface area contributed by atoms with E-state index in [4.69, 9.17) is 4.98 Å². The van der Waals surface area contributed by atoms with Crippen molar-refractivity contribution in [3.8, 4) is 0 Å². The van der Waals surface area contributed by atoms with Crippen LogP contribution in [0.3, 0.4) is 0 Å². The van der Waals surface area contributed by atoms with Crippen LogP contribution in [0.4, 0.5) is 11.6 Å². The van der Waals surface area contributed by atoms with E-state index in [1.54, 1.807) is 12.1 Å². The molecule has 1 amide bonds. The maximum Gasteiger partial charge on any atom is 0.281 e. The summed E-state index contributed by atoms with van der Waals surface area (Å²) < 4.78 is 29.1. The van der Waals surface area contributed by atoms with Crippen LogP contribution in [0.2, 0.25) is 0 Å². The van der Waals surface area contributed by atoms with Gasteiger partial charge in [-0.05, 0) is 101 Å². The summed E-state index contributed by atoms with van der Waals surface area (Å²) in [7, 11) is -4.20. The Labute approximate surface area is 238 Å². The minimum absolute atomic E-state index is 0.158. The Kier molecular flexibility index (Phi) is 6.46. The van der Waals surface area contributed by atoms with E-state index >= 15 is 0 Å². The van der Waals surface area contributed by atoms with Gasteiger partial charge in [0.1, 0.15) is 11.6 Å². The predicted octanol–water partition coefficient (Wildman–Crippen LogP) is 4.07. The van der Waals surface area contributed by atoms with Gasteiger partial charge >= 0.3 is 0 Å². The number of piperidine rings is 1. The lowest BCUT2D eigenvalue weighted by molar-refractivity contribution is 0.0981. The number of rotatable bonds is 1. The molecular formula is C30H42N6O3S. The Morgan fingerprint density at radius 2 is 1.80 bits per heavy atom. The molecule has 3 fully saturated rings. The van der Waals surface area contributed by atoms with E-state index in [1.807, 2.05) is 12.1 Å². The number of hydrogen-bond acceptors (Lipinski definition) is 8. The first-order valence-electron chi connectivity index (χ1n) is 14.6. The minimum atomic E-state index is -4.20. The summed E-state index contributed by atoms with van der Waals surface area (Å²) in [5.74, 6) is 1.45. The Morgan fingerprint density at radius 3 is 2.52 bits per heavy atom. The van der Waals surface area contributed by atoms with Gasteiger partial charge in [0.05, 0.1) is 5.56 Å². The number of pyridine rings is 2. The Bertz CT molecular complexity index is 1430. The standard InChI is InChI=1S/C30H42N6O3S/c1-28(2,3)23-10-9-21-26(33-23)36-18-30(17-29(36,4)5)16-20(30)15-22(19-11-13-31-14-12-19)32-24-7-6-8-25(34-24)40(38,39)35-27(21)37/h6-10,19-20,22,31H,11-18H2,1-5H3,(H,32,34)(H,35,37). The molecule has 1 spiro atoms. The molecule has 2 saturated heterocycles. The van der Waals surface area contributed by atoms with Gasteiger partial charge in [0, 0.05) is 29.2 Å². The molecule has 3 atom stereocenters. The number of carbonyl (C=O) groups excluding carboxylic acids is 1. The quantitative estimate of drug-likeness (QED) is 0.473. The second kappa shape index (κ2) is 9.41. The molecule has 4 bridgehead atoms. The summed E-state index contributed by atoms with van der Waals surface area (Å²) in [6.07, 6.45) is 5.34. The van der Waals surface area contributed by atoms with Crippen LogP contribution in [0, 0.1) is 17.3 Å². The molecule has 3 unspecified atom stereocenters. The average Bonchev–Trinajstić information content (AvgIpc) is 3.46. The zero-order valence-electron chi connectivity index (χ0n) is 24.3. The lowest BCUT2D eigenvalue weighted by Gasteiger charge is -2.34. The third kappa shape index (κ3) is 4.98. The van der Waals surface area contributed by atoms with Crippen LogP contribution in [0.1, 0.15) is 82.8 Å². The molecule has 9 nitrogen and oxygen atoms in total. The van der Waals surface area contributed by atoms with Crippen molar-refractivity contribution in [2.75, 3.05) is 29.9 Å². The summed E-state index contributed by atoms with van der Waals surface area (Å²) >= 11 is 0. The van der Waals surface area contributed by atoms with E-state index in [0.717, 1.165) is 57.4 Å². The second-order valence-electron chi connectivity index (χ2n) is 14.0. The molecule has 4 aliphatic rings. The van der Waals surface area contributed by atoms with E-state index in [2.05, 4.69) is 59.9 Å². The van der Waals surface area contributed by atoms with E-state index < -0.39 is 15.9 Å². The number of fused-ring (bicyclic) bond motifs is 5. The fourth-order valence-electron chi connectivity index (χ4n) is 7.31. The number of amides is 1. The predicted molar refractivity (Wildman–Crippen MR) is 156 cm³/mol. The van der Waals surface area contributed by atoms with E-state index in [0.29, 0.717) is 23.5 Å². The molecule has 2 aromatic heterocycles. The van der Waals surface area contributed by atoms with Gasteiger partial charge in [0.2, 0.25) is 0 Å². The second-order valence-corrected chi connectivity index (χ2v) is 15.7. The average molecular weight is 567 g/mol. The molecule has 216 valence electrons. The number of carbonyl (C=O) groups is 1. The highest BCUT2D eigenvalue weighted by molar-refractivity contribution is 7.90. The molecule has 2 aromatic rings. The first-order valence-corrected chi connectivity index (χ1v) is 16.1. The van der Waals surface area contributed by atoms with Crippen LogP contribution < -0.4 is 20.3 Å². The van der Waals surface area contributed by atoms with Gasteiger partial charge in [-0.2, -0.15) is 8.42 Å². The number of aromatic nitrogens is 2. The van der Waals surface area contributed by atoms with E-state index in [1.165, 1.54) is 6.07 Å². The molecule has 10 heteroatoms.